The first-order valence-corrected chi connectivity index (χ1v) is 6.83. The van der Waals surface area contributed by atoms with Gasteiger partial charge in [0.2, 0.25) is 5.91 Å². The van der Waals surface area contributed by atoms with Gasteiger partial charge < -0.3 is 15.8 Å². The Morgan fingerprint density at radius 1 is 1.52 bits per heavy atom. The SMILES string of the molecule is CCOc1cccc(CNC(=O)C(N)c2cnn(C)c2)c1. The standard InChI is InChI=1S/C15H20N4O2/c1-3-21-13-6-4-5-11(7-13)8-17-15(20)14(16)12-9-18-19(2)10-12/h4-7,9-10,14H,3,8,16H2,1-2H3,(H,17,20). The maximum atomic E-state index is 12.0. The maximum Gasteiger partial charge on any atom is 0.241 e. The van der Waals surface area contributed by atoms with Crippen LogP contribution in [0.5, 0.6) is 5.75 Å². The van der Waals surface area contributed by atoms with Crippen molar-refractivity contribution in [1.29, 1.82) is 0 Å². The molecule has 2 aromatic rings. The Kier molecular flexibility index (Phi) is 4.94. The van der Waals surface area contributed by atoms with Crippen molar-refractivity contribution in [2.45, 2.75) is 19.5 Å². The lowest BCUT2D eigenvalue weighted by molar-refractivity contribution is -0.122. The molecule has 21 heavy (non-hydrogen) atoms. The first-order valence-electron chi connectivity index (χ1n) is 6.83. The summed E-state index contributed by atoms with van der Waals surface area (Å²) >= 11 is 0. The molecule has 0 saturated heterocycles. The fourth-order valence-electron chi connectivity index (χ4n) is 1.96. The molecule has 0 radical (unpaired) electrons. The maximum absolute atomic E-state index is 12.0. The quantitative estimate of drug-likeness (QED) is 0.835. The van der Waals surface area contributed by atoms with Crippen molar-refractivity contribution in [2.24, 2.45) is 12.8 Å². The fraction of sp³-hybridized carbons (Fsp3) is 0.333. The fourth-order valence-corrected chi connectivity index (χ4v) is 1.96. The van der Waals surface area contributed by atoms with Gasteiger partial charge in [-0.25, -0.2) is 0 Å². The third-order valence-electron chi connectivity index (χ3n) is 3.04. The molecule has 6 heteroatoms. The number of rotatable bonds is 6. The van der Waals surface area contributed by atoms with Gasteiger partial charge in [0.25, 0.3) is 0 Å². The van der Waals surface area contributed by atoms with Gasteiger partial charge in [-0.15, -0.1) is 0 Å². The van der Waals surface area contributed by atoms with Crippen LogP contribution < -0.4 is 15.8 Å². The van der Waals surface area contributed by atoms with Crippen LogP contribution in [0.1, 0.15) is 24.1 Å². The highest BCUT2D eigenvalue weighted by Crippen LogP contribution is 2.14. The van der Waals surface area contributed by atoms with Gasteiger partial charge in [-0.1, -0.05) is 12.1 Å². The molecule has 3 N–H and O–H groups in total. The minimum absolute atomic E-state index is 0.232. The number of carbonyl (C=O) groups excluding carboxylic acids is 1. The van der Waals surface area contributed by atoms with Gasteiger partial charge in [-0.3, -0.25) is 9.48 Å². The van der Waals surface area contributed by atoms with Gasteiger partial charge in [-0.2, -0.15) is 5.10 Å². The highest BCUT2D eigenvalue weighted by Gasteiger charge is 2.16. The Hall–Kier alpha value is -2.34. The van der Waals surface area contributed by atoms with E-state index in [0.717, 1.165) is 11.3 Å². The van der Waals surface area contributed by atoms with Gasteiger partial charge in [0.1, 0.15) is 11.8 Å². The summed E-state index contributed by atoms with van der Waals surface area (Å²) in [4.78, 5) is 12.0. The van der Waals surface area contributed by atoms with E-state index < -0.39 is 6.04 Å². The van der Waals surface area contributed by atoms with Crippen LogP contribution in [0.4, 0.5) is 0 Å². The predicted octanol–water partition coefficient (Wildman–Crippen LogP) is 1.13. The number of amides is 1. The number of aryl methyl sites for hydroxylation is 1. The lowest BCUT2D eigenvalue weighted by Gasteiger charge is -2.11. The summed E-state index contributed by atoms with van der Waals surface area (Å²) < 4.78 is 7.04. The number of aromatic nitrogens is 2. The Balaban J connectivity index is 1.93. The average Bonchev–Trinajstić information content (AvgIpc) is 2.91. The number of hydrogen-bond donors (Lipinski definition) is 2. The number of carbonyl (C=O) groups is 1. The zero-order chi connectivity index (χ0) is 15.2. The van der Waals surface area contributed by atoms with Crippen LogP contribution in [0.15, 0.2) is 36.7 Å². The smallest absolute Gasteiger partial charge is 0.241 e. The molecule has 0 spiro atoms. The summed E-state index contributed by atoms with van der Waals surface area (Å²) in [7, 11) is 1.79. The summed E-state index contributed by atoms with van der Waals surface area (Å²) in [6.45, 7) is 2.96. The number of benzene rings is 1. The number of hydrogen-bond acceptors (Lipinski definition) is 4. The van der Waals surface area contributed by atoms with Crippen molar-refractivity contribution in [2.75, 3.05) is 6.61 Å². The minimum atomic E-state index is -0.714. The Labute approximate surface area is 123 Å². The van der Waals surface area contributed by atoms with Gasteiger partial charge in [0, 0.05) is 25.4 Å². The van der Waals surface area contributed by atoms with Gasteiger partial charge >= 0.3 is 0 Å². The minimum Gasteiger partial charge on any atom is -0.494 e. The van der Waals surface area contributed by atoms with Crippen LogP contribution in [0.2, 0.25) is 0 Å². The molecule has 0 aliphatic carbocycles. The summed E-state index contributed by atoms with van der Waals surface area (Å²) in [5.41, 5.74) is 7.56. The van der Waals surface area contributed by atoms with Crippen molar-refractivity contribution >= 4 is 5.91 Å². The van der Waals surface area contributed by atoms with E-state index in [0.29, 0.717) is 18.7 Å². The second-order valence-corrected chi connectivity index (χ2v) is 4.72. The molecule has 0 aliphatic heterocycles. The van der Waals surface area contributed by atoms with Crippen molar-refractivity contribution in [1.82, 2.24) is 15.1 Å². The van der Waals surface area contributed by atoms with Crippen LogP contribution in [0.3, 0.4) is 0 Å². The normalized spacial score (nSPS) is 12.0. The lowest BCUT2D eigenvalue weighted by Crippen LogP contribution is -2.33. The Morgan fingerprint density at radius 3 is 3.00 bits per heavy atom. The summed E-state index contributed by atoms with van der Waals surface area (Å²) in [6, 6.07) is 6.90. The molecular formula is C15H20N4O2. The van der Waals surface area contributed by atoms with Crippen molar-refractivity contribution in [3.05, 3.63) is 47.8 Å². The molecule has 1 unspecified atom stereocenters. The number of nitrogens with one attached hydrogen (secondary N) is 1. The molecule has 1 aromatic heterocycles. The predicted molar refractivity (Wildman–Crippen MR) is 79.6 cm³/mol. The van der Waals surface area contributed by atoms with E-state index in [1.165, 1.54) is 0 Å². The molecule has 0 saturated carbocycles. The van der Waals surface area contributed by atoms with Crippen LogP contribution >= 0.6 is 0 Å². The number of nitrogens with zero attached hydrogens (tertiary/aromatic N) is 2. The molecule has 0 aliphatic rings. The molecule has 6 nitrogen and oxygen atoms in total. The van der Waals surface area contributed by atoms with E-state index in [1.54, 1.807) is 24.1 Å². The molecule has 1 heterocycles. The topological polar surface area (TPSA) is 82.2 Å². The Bertz CT molecular complexity index is 609. The summed E-state index contributed by atoms with van der Waals surface area (Å²) in [6.07, 6.45) is 3.33. The van der Waals surface area contributed by atoms with Crippen molar-refractivity contribution in [3.63, 3.8) is 0 Å². The van der Waals surface area contributed by atoms with E-state index in [4.69, 9.17) is 10.5 Å². The van der Waals surface area contributed by atoms with Gasteiger partial charge in [-0.05, 0) is 24.6 Å². The van der Waals surface area contributed by atoms with Gasteiger partial charge in [0.05, 0.1) is 12.8 Å². The monoisotopic (exact) mass is 288 g/mol. The first kappa shape index (κ1) is 15.1. The lowest BCUT2D eigenvalue weighted by atomic mass is 10.1. The van der Waals surface area contributed by atoms with Gasteiger partial charge in [0.15, 0.2) is 0 Å². The van der Waals surface area contributed by atoms with E-state index >= 15 is 0 Å². The first-order chi connectivity index (χ1) is 10.1. The molecular weight excluding hydrogens is 268 g/mol. The second-order valence-electron chi connectivity index (χ2n) is 4.72. The highest BCUT2D eigenvalue weighted by molar-refractivity contribution is 5.82. The van der Waals surface area contributed by atoms with Crippen LogP contribution in [-0.4, -0.2) is 22.3 Å². The number of nitrogens with two attached hydrogens (primary N) is 1. The molecule has 1 aromatic carbocycles. The van der Waals surface area contributed by atoms with Crippen molar-refractivity contribution in [3.8, 4) is 5.75 Å². The highest BCUT2D eigenvalue weighted by atomic mass is 16.5. The molecule has 2 rings (SSSR count). The zero-order valence-corrected chi connectivity index (χ0v) is 12.2. The van der Waals surface area contributed by atoms with Crippen LogP contribution in [-0.2, 0) is 18.4 Å². The van der Waals surface area contributed by atoms with E-state index in [2.05, 4.69) is 10.4 Å². The van der Waals surface area contributed by atoms with Crippen LogP contribution in [0.25, 0.3) is 0 Å². The van der Waals surface area contributed by atoms with E-state index in [-0.39, 0.29) is 5.91 Å². The largest absolute Gasteiger partial charge is 0.494 e. The van der Waals surface area contributed by atoms with E-state index in [1.807, 2.05) is 31.2 Å². The van der Waals surface area contributed by atoms with Crippen LogP contribution in [0, 0.1) is 0 Å². The molecule has 1 atom stereocenters. The molecule has 1 amide bonds. The second kappa shape index (κ2) is 6.90. The summed E-state index contributed by atoms with van der Waals surface area (Å²) in [5.74, 6) is 0.561. The zero-order valence-electron chi connectivity index (χ0n) is 12.2. The van der Waals surface area contributed by atoms with Crippen molar-refractivity contribution < 1.29 is 9.53 Å². The molecule has 0 bridgehead atoms. The third-order valence-corrected chi connectivity index (χ3v) is 3.04. The molecule has 0 fully saturated rings. The Morgan fingerprint density at radius 2 is 2.33 bits per heavy atom. The summed E-state index contributed by atoms with van der Waals surface area (Å²) in [5, 5.41) is 6.83. The van der Waals surface area contributed by atoms with E-state index in [9.17, 15) is 4.79 Å². The average molecular weight is 288 g/mol. The third kappa shape index (κ3) is 4.06. The number of ether oxygens (including phenoxy) is 1. The molecule has 112 valence electrons.